The van der Waals surface area contributed by atoms with Crippen molar-refractivity contribution in [3.63, 3.8) is 0 Å². The van der Waals surface area contributed by atoms with Gasteiger partial charge in [-0.05, 0) is 18.8 Å². The predicted molar refractivity (Wildman–Crippen MR) is 61.8 cm³/mol. The lowest BCUT2D eigenvalue weighted by Gasteiger charge is -2.37. The summed E-state index contributed by atoms with van der Waals surface area (Å²) in [6, 6.07) is 0. The van der Waals surface area contributed by atoms with Crippen LogP contribution in [0.25, 0.3) is 0 Å². The second-order valence-electron chi connectivity index (χ2n) is 5.67. The minimum Gasteiger partial charge on any atom is -0.346 e. The van der Waals surface area contributed by atoms with Crippen molar-refractivity contribution in [3.05, 3.63) is 0 Å². The van der Waals surface area contributed by atoms with Gasteiger partial charge in [0.15, 0.2) is 0 Å². The van der Waals surface area contributed by atoms with Crippen LogP contribution in [0.3, 0.4) is 0 Å². The highest BCUT2D eigenvalue weighted by atomic mass is 16.2. The molecule has 2 rings (SSSR count). The summed E-state index contributed by atoms with van der Waals surface area (Å²) in [5, 5.41) is -0.0460. The molecule has 15 heavy (non-hydrogen) atoms. The fourth-order valence-electron chi connectivity index (χ4n) is 3.19. The summed E-state index contributed by atoms with van der Waals surface area (Å²) < 4.78 is 0. The number of rotatable bonds is 0. The molecule has 0 aromatic rings. The average molecular weight is 205 g/mol. The van der Waals surface area contributed by atoms with Crippen LogP contribution in [0.15, 0.2) is 0 Å². The lowest BCUT2D eigenvalue weighted by Crippen LogP contribution is -2.43. The Labute approximate surface area is 93.8 Å². The maximum absolute atomic E-state index is 12.0. The van der Waals surface area contributed by atoms with Gasteiger partial charge in [0.05, 0.1) is 7.85 Å². The fourth-order valence-corrected chi connectivity index (χ4v) is 3.19. The molecule has 0 spiro atoms. The monoisotopic (exact) mass is 205 g/mol. The summed E-state index contributed by atoms with van der Waals surface area (Å²) in [6.07, 6.45) is 5.38. The molecule has 0 aromatic carbocycles. The van der Waals surface area contributed by atoms with Gasteiger partial charge in [-0.2, -0.15) is 0 Å². The number of likely N-dealkylation sites (tertiary alicyclic amines) is 1. The van der Waals surface area contributed by atoms with Crippen molar-refractivity contribution in [3.8, 4) is 0 Å². The Kier molecular flexibility index (Phi) is 2.82. The number of carbonyl (C=O) groups is 1. The quantitative estimate of drug-likeness (QED) is 0.554. The molecule has 2 radical (unpaired) electrons. The van der Waals surface area contributed by atoms with E-state index >= 15 is 0 Å². The molecular formula is C12H20BNO. The van der Waals surface area contributed by atoms with Crippen LogP contribution < -0.4 is 0 Å². The summed E-state index contributed by atoms with van der Waals surface area (Å²) in [7, 11) is 8.16. The van der Waals surface area contributed by atoms with Crippen LogP contribution in [0.1, 0.15) is 39.0 Å². The summed E-state index contributed by atoms with van der Waals surface area (Å²) in [6.45, 7) is 3.05. The highest BCUT2D eigenvalue weighted by Crippen LogP contribution is 2.45. The van der Waals surface area contributed by atoms with Crippen molar-refractivity contribution < 1.29 is 4.79 Å². The molecule has 0 N–H and O–H groups in total. The molecule has 1 aliphatic heterocycles. The summed E-state index contributed by atoms with van der Waals surface area (Å²) in [4.78, 5) is 13.9. The minimum absolute atomic E-state index is 0.0460. The van der Waals surface area contributed by atoms with E-state index in [2.05, 4.69) is 6.92 Å². The standard InChI is InChI=1S/C12H20BNO/c1-12(13)6-3-4-10-9(8-12)5-7-14(2)11(10)15/h9-10H,3-8H2,1-2H3. The number of hydrogen-bond donors (Lipinski definition) is 0. The van der Waals surface area contributed by atoms with Gasteiger partial charge in [0, 0.05) is 19.5 Å². The number of amides is 1. The molecule has 82 valence electrons. The van der Waals surface area contributed by atoms with E-state index in [1.807, 2.05) is 11.9 Å². The molecule has 1 aliphatic carbocycles. The smallest absolute Gasteiger partial charge is 0.225 e. The fraction of sp³-hybridized carbons (Fsp3) is 0.917. The molecule has 0 bridgehead atoms. The van der Waals surface area contributed by atoms with E-state index in [0.717, 1.165) is 38.6 Å². The zero-order chi connectivity index (χ0) is 11.1. The minimum atomic E-state index is -0.0460. The lowest BCUT2D eigenvalue weighted by atomic mass is 9.62. The van der Waals surface area contributed by atoms with E-state index in [0.29, 0.717) is 11.8 Å². The zero-order valence-electron chi connectivity index (χ0n) is 9.83. The van der Waals surface area contributed by atoms with E-state index in [1.54, 1.807) is 0 Å². The maximum Gasteiger partial charge on any atom is 0.225 e. The number of carbonyl (C=O) groups excluding carboxylic acids is 1. The lowest BCUT2D eigenvalue weighted by molar-refractivity contribution is -0.139. The zero-order valence-corrected chi connectivity index (χ0v) is 9.83. The van der Waals surface area contributed by atoms with Crippen molar-refractivity contribution in [2.45, 2.75) is 44.3 Å². The van der Waals surface area contributed by atoms with Crippen molar-refractivity contribution in [1.82, 2.24) is 4.90 Å². The molecule has 0 aromatic heterocycles. The van der Waals surface area contributed by atoms with Crippen LogP contribution >= 0.6 is 0 Å². The number of nitrogens with zero attached hydrogens (tertiary/aromatic N) is 1. The third kappa shape index (κ3) is 2.21. The van der Waals surface area contributed by atoms with Gasteiger partial charge in [0.25, 0.3) is 0 Å². The molecule has 2 nitrogen and oxygen atoms in total. The van der Waals surface area contributed by atoms with E-state index in [9.17, 15) is 4.79 Å². The summed E-state index contributed by atoms with van der Waals surface area (Å²) >= 11 is 0. The maximum atomic E-state index is 12.0. The van der Waals surface area contributed by atoms with Gasteiger partial charge in [0.2, 0.25) is 5.91 Å². The largest absolute Gasteiger partial charge is 0.346 e. The van der Waals surface area contributed by atoms with Crippen molar-refractivity contribution in [2.75, 3.05) is 13.6 Å². The van der Waals surface area contributed by atoms with Crippen LogP contribution in [0.5, 0.6) is 0 Å². The Hall–Kier alpha value is -0.465. The van der Waals surface area contributed by atoms with Gasteiger partial charge < -0.3 is 4.90 Å². The number of fused-ring (bicyclic) bond motifs is 1. The molecule has 3 heteroatoms. The first kappa shape index (κ1) is 11.0. The third-order valence-corrected chi connectivity index (χ3v) is 4.09. The first-order chi connectivity index (χ1) is 6.99. The Morgan fingerprint density at radius 2 is 2.20 bits per heavy atom. The van der Waals surface area contributed by atoms with Crippen LogP contribution in [0.4, 0.5) is 0 Å². The molecule has 1 saturated heterocycles. The predicted octanol–water partition coefficient (Wildman–Crippen LogP) is 2.00. The van der Waals surface area contributed by atoms with Crippen LogP contribution in [0, 0.1) is 11.8 Å². The summed E-state index contributed by atoms with van der Waals surface area (Å²) in [5.74, 6) is 1.14. The van der Waals surface area contributed by atoms with E-state index < -0.39 is 0 Å². The number of piperidine rings is 1. The van der Waals surface area contributed by atoms with E-state index in [4.69, 9.17) is 7.85 Å². The molecule has 2 aliphatic rings. The van der Waals surface area contributed by atoms with Crippen molar-refractivity contribution in [1.29, 1.82) is 0 Å². The first-order valence-electron chi connectivity index (χ1n) is 6.03. The highest BCUT2D eigenvalue weighted by molar-refractivity contribution is 6.14. The molecular weight excluding hydrogens is 185 g/mol. The average Bonchev–Trinajstić information content (AvgIpc) is 2.30. The van der Waals surface area contributed by atoms with Gasteiger partial charge in [0.1, 0.15) is 0 Å². The molecule has 1 heterocycles. The second kappa shape index (κ2) is 3.84. The Morgan fingerprint density at radius 1 is 1.47 bits per heavy atom. The van der Waals surface area contributed by atoms with Gasteiger partial charge in [-0.25, -0.2) is 0 Å². The van der Waals surface area contributed by atoms with Crippen molar-refractivity contribution in [2.24, 2.45) is 11.8 Å². The summed E-state index contributed by atoms with van der Waals surface area (Å²) in [5.41, 5.74) is 0. The van der Waals surface area contributed by atoms with Crippen LogP contribution in [-0.4, -0.2) is 32.2 Å². The third-order valence-electron chi connectivity index (χ3n) is 4.09. The topological polar surface area (TPSA) is 20.3 Å². The van der Waals surface area contributed by atoms with E-state index in [1.165, 1.54) is 0 Å². The highest BCUT2D eigenvalue weighted by Gasteiger charge is 2.39. The van der Waals surface area contributed by atoms with Crippen molar-refractivity contribution >= 4 is 13.8 Å². The molecule has 1 saturated carbocycles. The van der Waals surface area contributed by atoms with Gasteiger partial charge in [-0.15, -0.1) is 0 Å². The molecule has 2 fully saturated rings. The van der Waals surface area contributed by atoms with Gasteiger partial charge in [-0.1, -0.05) is 31.5 Å². The van der Waals surface area contributed by atoms with Crippen LogP contribution in [0.2, 0.25) is 5.31 Å². The normalized spacial score (nSPS) is 42.3. The van der Waals surface area contributed by atoms with Gasteiger partial charge >= 0.3 is 0 Å². The Balaban J connectivity index is 2.13. The number of hydrogen-bond acceptors (Lipinski definition) is 1. The molecule has 3 atom stereocenters. The van der Waals surface area contributed by atoms with E-state index in [-0.39, 0.29) is 11.2 Å². The molecule has 3 unspecified atom stereocenters. The second-order valence-corrected chi connectivity index (χ2v) is 5.67. The van der Waals surface area contributed by atoms with Gasteiger partial charge in [-0.3, -0.25) is 4.79 Å². The SMILES string of the molecule is [B]C1(C)CCCC2C(=O)N(C)CCC2C1. The Bertz CT molecular complexity index is 264. The first-order valence-corrected chi connectivity index (χ1v) is 6.03. The Morgan fingerprint density at radius 3 is 2.93 bits per heavy atom. The molecule has 1 amide bonds. The van der Waals surface area contributed by atoms with Crippen LogP contribution in [-0.2, 0) is 4.79 Å².